The first-order valence-electron chi connectivity index (χ1n) is 6.05. The summed E-state index contributed by atoms with van der Waals surface area (Å²) in [5, 5.41) is 3.29. The van der Waals surface area contributed by atoms with Crippen molar-refractivity contribution in [2.45, 2.75) is 18.2 Å². The summed E-state index contributed by atoms with van der Waals surface area (Å²) in [7, 11) is -2.14. The number of halogens is 1. The van der Waals surface area contributed by atoms with E-state index in [1.807, 2.05) is 6.92 Å². The lowest BCUT2D eigenvalue weighted by Crippen LogP contribution is -2.32. The Labute approximate surface area is 119 Å². The van der Waals surface area contributed by atoms with Gasteiger partial charge >= 0.3 is 0 Å². The molecular formula is C12H19ClN2O3S. The van der Waals surface area contributed by atoms with Crippen molar-refractivity contribution in [1.82, 2.24) is 10.0 Å². The predicted molar refractivity (Wildman–Crippen MR) is 76.4 cm³/mol. The highest BCUT2D eigenvalue weighted by Crippen LogP contribution is 2.25. The van der Waals surface area contributed by atoms with Gasteiger partial charge in [-0.15, -0.1) is 0 Å². The van der Waals surface area contributed by atoms with Crippen LogP contribution in [-0.4, -0.2) is 35.2 Å². The molecule has 0 fully saturated rings. The van der Waals surface area contributed by atoms with Crippen molar-refractivity contribution in [3.63, 3.8) is 0 Å². The third-order valence-corrected chi connectivity index (χ3v) is 4.39. The molecule has 0 atom stereocenters. The highest BCUT2D eigenvalue weighted by atomic mass is 35.5. The van der Waals surface area contributed by atoms with Gasteiger partial charge in [0.05, 0.1) is 12.1 Å². The summed E-state index contributed by atoms with van der Waals surface area (Å²) < 4.78 is 31.6. The second-order valence-corrected chi connectivity index (χ2v) is 6.09. The second-order valence-electron chi connectivity index (χ2n) is 3.94. The predicted octanol–water partition coefficient (Wildman–Crippen LogP) is 1.63. The van der Waals surface area contributed by atoms with Crippen molar-refractivity contribution < 1.29 is 13.2 Å². The van der Waals surface area contributed by atoms with Gasteiger partial charge in [-0.2, -0.15) is 0 Å². The van der Waals surface area contributed by atoms with E-state index in [1.54, 1.807) is 6.07 Å². The van der Waals surface area contributed by atoms with Crippen molar-refractivity contribution in [2.24, 2.45) is 0 Å². The van der Waals surface area contributed by atoms with Crippen molar-refractivity contribution in [2.75, 3.05) is 26.7 Å². The Kier molecular flexibility index (Phi) is 6.57. The zero-order valence-electron chi connectivity index (χ0n) is 11.1. The molecule has 0 bridgehead atoms. The number of ether oxygens (including phenoxy) is 1. The van der Waals surface area contributed by atoms with E-state index in [0.717, 1.165) is 13.0 Å². The van der Waals surface area contributed by atoms with Gasteiger partial charge in [0, 0.05) is 19.2 Å². The van der Waals surface area contributed by atoms with Crippen molar-refractivity contribution in [3.8, 4) is 5.75 Å². The van der Waals surface area contributed by atoms with E-state index in [0.29, 0.717) is 18.8 Å². The summed E-state index contributed by atoms with van der Waals surface area (Å²) in [5.74, 6) is 0.453. The van der Waals surface area contributed by atoms with Gasteiger partial charge in [0.2, 0.25) is 10.0 Å². The Morgan fingerprint density at radius 2 is 2.00 bits per heavy atom. The Bertz CT molecular complexity index is 506. The van der Waals surface area contributed by atoms with Crippen LogP contribution in [0.1, 0.15) is 13.3 Å². The molecule has 0 aliphatic carbocycles. The number of hydrogen-bond acceptors (Lipinski definition) is 4. The van der Waals surface area contributed by atoms with E-state index in [2.05, 4.69) is 10.0 Å². The average Bonchev–Trinajstić information content (AvgIpc) is 2.39. The molecule has 7 heteroatoms. The van der Waals surface area contributed by atoms with Crippen LogP contribution < -0.4 is 14.8 Å². The molecule has 1 aromatic carbocycles. The summed E-state index contributed by atoms with van der Waals surface area (Å²) in [5.41, 5.74) is 0. The number of rotatable bonds is 8. The van der Waals surface area contributed by atoms with Gasteiger partial charge in [-0.05, 0) is 25.1 Å². The maximum Gasteiger partial charge on any atom is 0.242 e. The molecule has 0 saturated carbocycles. The van der Waals surface area contributed by atoms with E-state index in [1.165, 1.54) is 19.2 Å². The summed E-state index contributed by atoms with van der Waals surface area (Å²) in [4.78, 5) is 0.0315. The molecule has 1 rings (SSSR count). The molecule has 0 saturated heterocycles. The normalized spacial score (nSPS) is 11.5. The van der Waals surface area contributed by atoms with Crippen LogP contribution in [-0.2, 0) is 10.0 Å². The van der Waals surface area contributed by atoms with Crippen molar-refractivity contribution in [3.05, 3.63) is 23.2 Å². The molecule has 0 radical (unpaired) electrons. The highest BCUT2D eigenvalue weighted by Gasteiger charge is 2.18. The highest BCUT2D eigenvalue weighted by molar-refractivity contribution is 7.89. The fourth-order valence-corrected chi connectivity index (χ4v) is 3.01. The molecule has 0 heterocycles. The minimum atomic E-state index is -3.61. The van der Waals surface area contributed by atoms with Gasteiger partial charge in [0.1, 0.15) is 10.6 Å². The molecule has 19 heavy (non-hydrogen) atoms. The quantitative estimate of drug-likeness (QED) is 0.716. The molecule has 0 aromatic heterocycles. The first-order valence-corrected chi connectivity index (χ1v) is 7.91. The largest absolute Gasteiger partial charge is 0.497 e. The zero-order valence-corrected chi connectivity index (χ0v) is 12.6. The summed E-state index contributed by atoms with van der Waals surface area (Å²) >= 11 is 5.91. The summed E-state index contributed by atoms with van der Waals surface area (Å²) in [6.45, 7) is 3.80. The van der Waals surface area contributed by atoms with Crippen molar-refractivity contribution >= 4 is 21.6 Å². The first-order chi connectivity index (χ1) is 9.01. The molecule has 2 N–H and O–H groups in total. The van der Waals surface area contributed by atoms with Gasteiger partial charge < -0.3 is 10.1 Å². The molecular weight excluding hydrogens is 288 g/mol. The Morgan fingerprint density at radius 3 is 2.63 bits per heavy atom. The van der Waals surface area contributed by atoms with Gasteiger partial charge in [-0.1, -0.05) is 18.5 Å². The van der Waals surface area contributed by atoms with Crippen LogP contribution in [0.15, 0.2) is 23.1 Å². The fourth-order valence-electron chi connectivity index (χ4n) is 1.47. The molecule has 0 aliphatic heterocycles. The SMILES string of the molecule is CCCNCCNS(=O)(=O)c1cc(OC)ccc1Cl. The van der Waals surface area contributed by atoms with Gasteiger partial charge in [0.15, 0.2) is 0 Å². The van der Waals surface area contributed by atoms with E-state index >= 15 is 0 Å². The minimum Gasteiger partial charge on any atom is -0.497 e. The lowest BCUT2D eigenvalue weighted by Gasteiger charge is -2.10. The average molecular weight is 307 g/mol. The molecule has 1 aromatic rings. The van der Waals surface area contributed by atoms with Gasteiger partial charge in [-0.25, -0.2) is 13.1 Å². The molecule has 0 aliphatic rings. The first kappa shape index (κ1) is 16.2. The number of sulfonamides is 1. The molecule has 0 amide bonds. The van der Waals surface area contributed by atoms with E-state index in [4.69, 9.17) is 16.3 Å². The Hall–Kier alpha value is -0.820. The van der Waals surface area contributed by atoms with Crippen LogP contribution in [0.25, 0.3) is 0 Å². The van der Waals surface area contributed by atoms with Gasteiger partial charge in [0.25, 0.3) is 0 Å². The summed E-state index contributed by atoms with van der Waals surface area (Å²) in [6, 6.07) is 4.53. The minimum absolute atomic E-state index is 0.0315. The molecule has 0 unspecified atom stereocenters. The van der Waals surface area contributed by atoms with Gasteiger partial charge in [-0.3, -0.25) is 0 Å². The number of methoxy groups -OCH3 is 1. The zero-order chi connectivity index (χ0) is 14.3. The van der Waals surface area contributed by atoms with Crippen LogP contribution >= 0.6 is 11.6 Å². The van der Waals surface area contributed by atoms with Crippen LogP contribution in [0.3, 0.4) is 0 Å². The van der Waals surface area contributed by atoms with Crippen LogP contribution in [0.4, 0.5) is 0 Å². The topological polar surface area (TPSA) is 67.4 Å². The third-order valence-electron chi connectivity index (χ3n) is 2.45. The second kappa shape index (κ2) is 7.69. The lowest BCUT2D eigenvalue weighted by molar-refractivity contribution is 0.413. The van der Waals surface area contributed by atoms with Crippen LogP contribution in [0.2, 0.25) is 5.02 Å². The maximum atomic E-state index is 12.1. The molecule has 0 spiro atoms. The number of benzene rings is 1. The molecule has 108 valence electrons. The fraction of sp³-hybridized carbons (Fsp3) is 0.500. The Balaban J connectivity index is 2.71. The van der Waals surface area contributed by atoms with Crippen LogP contribution in [0.5, 0.6) is 5.75 Å². The molecule has 5 nitrogen and oxygen atoms in total. The standard InChI is InChI=1S/C12H19ClN2O3S/c1-3-6-14-7-8-15-19(16,17)12-9-10(18-2)4-5-11(12)13/h4-5,9,14-15H,3,6-8H2,1-2H3. The Morgan fingerprint density at radius 1 is 1.26 bits per heavy atom. The lowest BCUT2D eigenvalue weighted by atomic mass is 10.3. The third kappa shape index (κ3) is 4.99. The van der Waals surface area contributed by atoms with E-state index in [9.17, 15) is 8.42 Å². The summed E-state index contributed by atoms with van der Waals surface area (Å²) in [6.07, 6.45) is 1.01. The number of hydrogen-bond donors (Lipinski definition) is 2. The number of nitrogens with one attached hydrogen (secondary N) is 2. The van der Waals surface area contributed by atoms with Crippen LogP contribution in [0, 0.1) is 0 Å². The van der Waals surface area contributed by atoms with E-state index < -0.39 is 10.0 Å². The smallest absolute Gasteiger partial charge is 0.242 e. The monoisotopic (exact) mass is 306 g/mol. The van der Waals surface area contributed by atoms with Crippen molar-refractivity contribution in [1.29, 1.82) is 0 Å². The maximum absolute atomic E-state index is 12.1. The van der Waals surface area contributed by atoms with E-state index in [-0.39, 0.29) is 9.92 Å².